The van der Waals surface area contributed by atoms with E-state index >= 15 is 0 Å². The number of nitrogens with one attached hydrogen (secondary N) is 1. The number of hydrogen-bond acceptors (Lipinski definition) is 4. The summed E-state index contributed by atoms with van der Waals surface area (Å²) in [7, 11) is 0. The second kappa shape index (κ2) is 9.59. The lowest BCUT2D eigenvalue weighted by Gasteiger charge is -2.10. The Morgan fingerprint density at radius 1 is 0.963 bits per heavy atom. The number of halogens is 1. The van der Waals surface area contributed by atoms with Gasteiger partial charge in [0.1, 0.15) is 12.4 Å². The highest BCUT2D eigenvalue weighted by Crippen LogP contribution is 2.22. The fourth-order valence-electron chi connectivity index (χ4n) is 2.33. The van der Waals surface area contributed by atoms with E-state index in [1.807, 2.05) is 36.4 Å². The normalized spacial score (nSPS) is 10.3. The van der Waals surface area contributed by atoms with Crippen LogP contribution in [0.25, 0.3) is 0 Å². The van der Waals surface area contributed by atoms with E-state index in [1.54, 1.807) is 36.5 Å². The molecule has 3 rings (SSSR count). The second-order valence-corrected chi connectivity index (χ2v) is 6.18. The van der Waals surface area contributed by atoms with Crippen molar-refractivity contribution in [3.8, 4) is 11.6 Å². The first-order valence-corrected chi connectivity index (χ1v) is 8.84. The molecule has 0 saturated carbocycles. The minimum absolute atomic E-state index is 0.105. The summed E-state index contributed by atoms with van der Waals surface area (Å²) in [5, 5.41) is 3.27. The van der Waals surface area contributed by atoms with Crippen molar-refractivity contribution in [2.75, 3.05) is 6.61 Å². The van der Waals surface area contributed by atoms with Gasteiger partial charge in [-0.05, 0) is 29.3 Å². The van der Waals surface area contributed by atoms with Crippen molar-refractivity contribution in [3.63, 3.8) is 0 Å². The van der Waals surface area contributed by atoms with Crippen LogP contribution in [0.15, 0.2) is 72.9 Å². The molecule has 0 spiro atoms. The Balaban J connectivity index is 1.46. The molecule has 2 aromatic carbocycles. The number of pyridine rings is 1. The van der Waals surface area contributed by atoms with Gasteiger partial charge in [-0.1, -0.05) is 54.1 Å². The molecule has 1 N–H and O–H groups in total. The zero-order chi connectivity index (χ0) is 18.9. The molecule has 138 valence electrons. The van der Waals surface area contributed by atoms with Gasteiger partial charge in [-0.3, -0.25) is 4.79 Å². The Kier molecular flexibility index (Phi) is 6.66. The molecular formula is C21H19ClN2O3. The highest BCUT2D eigenvalue weighted by Gasteiger charge is 2.06. The molecule has 0 radical (unpaired) electrons. The Labute approximate surface area is 162 Å². The highest BCUT2D eigenvalue weighted by atomic mass is 35.5. The SMILES string of the molecule is O=C(COc1ccccc1Cl)NCc1ccnc(OCc2ccccc2)c1. The summed E-state index contributed by atoms with van der Waals surface area (Å²) in [6.07, 6.45) is 1.65. The molecule has 0 aliphatic carbocycles. The topological polar surface area (TPSA) is 60.5 Å². The molecule has 5 nitrogen and oxygen atoms in total. The largest absolute Gasteiger partial charge is 0.482 e. The zero-order valence-corrected chi connectivity index (χ0v) is 15.4. The third-order valence-corrected chi connectivity index (χ3v) is 4.03. The number of rotatable bonds is 8. The van der Waals surface area contributed by atoms with Gasteiger partial charge < -0.3 is 14.8 Å². The summed E-state index contributed by atoms with van der Waals surface area (Å²) in [6, 6.07) is 20.5. The average molecular weight is 383 g/mol. The van der Waals surface area contributed by atoms with Crippen molar-refractivity contribution in [1.29, 1.82) is 0 Å². The lowest BCUT2D eigenvalue weighted by atomic mass is 10.2. The van der Waals surface area contributed by atoms with E-state index < -0.39 is 0 Å². The molecule has 0 bridgehead atoms. The van der Waals surface area contributed by atoms with E-state index in [0.29, 0.717) is 29.8 Å². The minimum atomic E-state index is -0.238. The van der Waals surface area contributed by atoms with Crippen molar-refractivity contribution in [1.82, 2.24) is 10.3 Å². The van der Waals surface area contributed by atoms with E-state index in [0.717, 1.165) is 11.1 Å². The number of ether oxygens (including phenoxy) is 2. The van der Waals surface area contributed by atoms with E-state index in [9.17, 15) is 4.79 Å². The van der Waals surface area contributed by atoms with Crippen molar-refractivity contribution >= 4 is 17.5 Å². The van der Waals surface area contributed by atoms with Gasteiger partial charge in [-0.25, -0.2) is 4.98 Å². The molecule has 6 heteroatoms. The number of carbonyl (C=O) groups excluding carboxylic acids is 1. The summed E-state index contributed by atoms with van der Waals surface area (Å²) in [6.45, 7) is 0.691. The van der Waals surface area contributed by atoms with Gasteiger partial charge >= 0.3 is 0 Å². The van der Waals surface area contributed by atoms with Crippen LogP contribution in [0, 0.1) is 0 Å². The lowest BCUT2D eigenvalue weighted by molar-refractivity contribution is -0.123. The third kappa shape index (κ3) is 6.01. The van der Waals surface area contributed by atoms with Gasteiger partial charge in [0.25, 0.3) is 5.91 Å². The highest BCUT2D eigenvalue weighted by molar-refractivity contribution is 6.32. The van der Waals surface area contributed by atoms with Crippen LogP contribution in [0.1, 0.15) is 11.1 Å². The Hall–Kier alpha value is -3.05. The smallest absolute Gasteiger partial charge is 0.258 e. The summed E-state index contributed by atoms with van der Waals surface area (Å²) < 4.78 is 11.1. The molecule has 0 unspecified atom stereocenters. The molecule has 1 heterocycles. The summed E-state index contributed by atoms with van der Waals surface area (Å²) >= 11 is 5.99. The van der Waals surface area contributed by atoms with Crippen LogP contribution in [0.2, 0.25) is 5.02 Å². The van der Waals surface area contributed by atoms with Gasteiger partial charge in [0.05, 0.1) is 5.02 Å². The van der Waals surface area contributed by atoms with Crippen LogP contribution in [0.4, 0.5) is 0 Å². The number of benzene rings is 2. The van der Waals surface area contributed by atoms with Crippen LogP contribution in [-0.4, -0.2) is 17.5 Å². The first-order valence-electron chi connectivity index (χ1n) is 8.46. The molecule has 0 atom stereocenters. The molecule has 0 saturated heterocycles. The fourth-order valence-corrected chi connectivity index (χ4v) is 2.52. The molecule has 1 amide bonds. The van der Waals surface area contributed by atoms with Crippen LogP contribution in [-0.2, 0) is 17.9 Å². The van der Waals surface area contributed by atoms with Crippen molar-refractivity contribution in [2.24, 2.45) is 0 Å². The number of aromatic nitrogens is 1. The van der Waals surface area contributed by atoms with E-state index in [1.165, 1.54) is 0 Å². The van der Waals surface area contributed by atoms with Gasteiger partial charge in [0, 0.05) is 18.8 Å². The first kappa shape index (κ1) is 18.7. The molecule has 0 aliphatic rings. The second-order valence-electron chi connectivity index (χ2n) is 5.77. The quantitative estimate of drug-likeness (QED) is 0.639. The van der Waals surface area contributed by atoms with Crippen LogP contribution < -0.4 is 14.8 Å². The number of carbonyl (C=O) groups is 1. The summed E-state index contributed by atoms with van der Waals surface area (Å²) in [4.78, 5) is 16.2. The van der Waals surface area contributed by atoms with E-state index in [2.05, 4.69) is 10.3 Å². The molecule has 0 aliphatic heterocycles. The summed E-state index contributed by atoms with van der Waals surface area (Å²) in [5.74, 6) is 0.756. The maximum absolute atomic E-state index is 12.0. The average Bonchev–Trinajstić information content (AvgIpc) is 2.71. The van der Waals surface area contributed by atoms with Crippen molar-refractivity contribution in [3.05, 3.63) is 89.1 Å². The molecule has 0 fully saturated rings. The number of para-hydroxylation sites is 1. The molecule has 3 aromatic rings. The fraction of sp³-hybridized carbons (Fsp3) is 0.143. The summed E-state index contributed by atoms with van der Waals surface area (Å²) in [5.41, 5.74) is 1.95. The monoisotopic (exact) mass is 382 g/mol. The van der Waals surface area contributed by atoms with E-state index in [-0.39, 0.29) is 12.5 Å². The van der Waals surface area contributed by atoms with Crippen LogP contribution >= 0.6 is 11.6 Å². The standard InChI is InChI=1S/C21H19ClN2O3/c22-18-8-4-5-9-19(18)26-15-20(25)24-13-17-10-11-23-21(12-17)27-14-16-6-2-1-3-7-16/h1-12H,13-15H2,(H,24,25). The molecular weight excluding hydrogens is 364 g/mol. The zero-order valence-electron chi connectivity index (χ0n) is 14.6. The van der Waals surface area contributed by atoms with Crippen molar-refractivity contribution in [2.45, 2.75) is 13.2 Å². The molecule has 1 aromatic heterocycles. The van der Waals surface area contributed by atoms with Gasteiger partial charge in [-0.15, -0.1) is 0 Å². The van der Waals surface area contributed by atoms with Crippen LogP contribution in [0.5, 0.6) is 11.6 Å². The number of amides is 1. The Morgan fingerprint density at radius 3 is 2.56 bits per heavy atom. The lowest BCUT2D eigenvalue weighted by Crippen LogP contribution is -2.28. The van der Waals surface area contributed by atoms with Crippen molar-refractivity contribution < 1.29 is 14.3 Å². The predicted octanol–water partition coefficient (Wildman–Crippen LogP) is 4.01. The van der Waals surface area contributed by atoms with Gasteiger partial charge in [0.15, 0.2) is 6.61 Å². The maximum atomic E-state index is 12.0. The Morgan fingerprint density at radius 2 is 1.74 bits per heavy atom. The third-order valence-electron chi connectivity index (χ3n) is 3.71. The van der Waals surface area contributed by atoms with Gasteiger partial charge in [0.2, 0.25) is 5.88 Å². The van der Waals surface area contributed by atoms with Crippen LogP contribution in [0.3, 0.4) is 0 Å². The minimum Gasteiger partial charge on any atom is -0.482 e. The maximum Gasteiger partial charge on any atom is 0.258 e. The number of hydrogen-bond donors (Lipinski definition) is 1. The van der Waals surface area contributed by atoms with E-state index in [4.69, 9.17) is 21.1 Å². The predicted molar refractivity (Wildman–Crippen MR) is 104 cm³/mol. The van der Waals surface area contributed by atoms with Gasteiger partial charge in [-0.2, -0.15) is 0 Å². The first-order chi connectivity index (χ1) is 13.2. The Bertz CT molecular complexity index is 887. The molecule has 27 heavy (non-hydrogen) atoms. The number of nitrogens with zero attached hydrogens (tertiary/aromatic N) is 1.